The number of thiazole rings is 1. The zero-order chi connectivity index (χ0) is 18.4. The first-order valence-corrected chi connectivity index (χ1v) is 9.89. The van der Waals surface area contributed by atoms with E-state index in [0.29, 0.717) is 6.54 Å². The summed E-state index contributed by atoms with van der Waals surface area (Å²) in [6.45, 7) is 3.63. The highest BCUT2D eigenvalue weighted by Gasteiger charge is 2.15. The second-order valence-electron chi connectivity index (χ2n) is 6.53. The van der Waals surface area contributed by atoms with Crippen molar-refractivity contribution in [3.8, 4) is 0 Å². The molecular formula is C19H26FN5S. The van der Waals surface area contributed by atoms with Crippen molar-refractivity contribution in [1.82, 2.24) is 15.2 Å². The molecule has 0 radical (unpaired) electrons. The van der Waals surface area contributed by atoms with Gasteiger partial charge in [-0.05, 0) is 30.5 Å². The van der Waals surface area contributed by atoms with E-state index in [2.05, 4.69) is 20.6 Å². The van der Waals surface area contributed by atoms with Crippen molar-refractivity contribution in [2.24, 2.45) is 4.99 Å². The molecule has 1 aliphatic heterocycles. The number of guanidine groups is 1. The molecule has 1 aliphatic rings. The van der Waals surface area contributed by atoms with E-state index in [4.69, 9.17) is 4.98 Å². The Kier molecular flexibility index (Phi) is 6.44. The molecule has 0 unspecified atom stereocenters. The number of hydrogen-bond donors (Lipinski definition) is 1. The first-order valence-electron chi connectivity index (χ1n) is 9.01. The smallest absolute Gasteiger partial charge is 0.193 e. The average molecular weight is 376 g/mol. The fourth-order valence-electron chi connectivity index (χ4n) is 3.14. The Morgan fingerprint density at radius 2 is 2.19 bits per heavy atom. The summed E-state index contributed by atoms with van der Waals surface area (Å²) in [5.74, 6) is 0.584. The van der Waals surface area contributed by atoms with Crippen LogP contribution in [0.25, 0.3) is 0 Å². The summed E-state index contributed by atoms with van der Waals surface area (Å²) in [6.07, 6.45) is 3.39. The molecule has 1 aromatic carbocycles. The number of rotatable bonds is 6. The van der Waals surface area contributed by atoms with Crippen molar-refractivity contribution in [3.63, 3.8) is 0 Å². The minimum Gasteiger partial charge on any atom is -0.356 e. The van der Waals surface area contributed by atoms with E-state index >= 15 is 0 Å². The molecule has 0 atom stereocenters. The summed E-state index contributed by atoms with van der Waals surface area (Å²) >= 11 is 1.73. The van der Waals surface area contributed by atoms with E-state index in [-0.39, 0.29) is 5.82 Å². The molecule has 1 fully saturated rings. The Labute approximate surface area is 158 Å². The maximum atomic E-state index is 13.3. The zero-order valence-electron chi connectivity index (χ0n) is 15.4. The van der Waals surface area contributed by atoms with Crippen LogP contribution >= 0.6 is 11.3 Å². The van der Waals surface area contributed by atoms with Gasteiger partial charge in [0.2, 0.25) is 0 Å². The van der Waals surface area contributed by atoms with Crippen molar-refractivity contribution in [3.05, 3.63) is 46.7 Å². The van der Waals surface area contributed by atoms with Gasteiger partial charge in [-0.1, -0.05) is 12.1 Å². The van der Waals surface area contributed by atoms with Gasteiger partial charge in [-0.3, -0.25) is 4.99 Å². The molecule has 140 valence electrons. The third-order valence-electron chi connectivity index (χ3n) is 4.46. The summed E-state index contributed by atoms with van der Waals surface area (Å²) in [5.41, 5.74) is 2.04. The van der Waals surface area contributed by atoms with Crippen molar-refractivity contribution in [1.29, 1.82) is 0 Å². The summed E-state index contributed by atoms with van der Waals surface area (Å²) in [5, 5.41) is 6.66. The molecule has 0 aliphatic carbocycles. The van der Waals surface area contributed by atoms with Gasteiger partial charge in [-0.2, -0.15) is 0 Å². The first kappa shape index (κ1) is 18.6. The zero-order valence-corrected chi connectivity index (χ0v) is 16.2. The van der Waals surface area contributed by atoms with E-state index in [0.717, 1.165) is 48.4 Å². The molecule has 0 amide bonds. The molecule has 5 nitrogen and oxygen atoms in total. The summed E-state index contributed by atoms with van der Waals surface area (Å²) in [4.78, 5) is 13.4. The van der Waals surface area contributed by atoms with E-state index in [1.807, 2.05) is 18.0 Å². The highest BCUT2D eigenvalue weighted by atomic mass is 32.1. The summed E-state index contributed by atoms with van der Waals surface area (Å²) in [7, 11) is 3.72. The summed E-state index contributed by atoms with van der Waals surface area (Å²) < 4.78 is 13.3. The Hall–Kier alpha value is -2.15. The molecule has 1 N–H and O–H groups in total. The number of hydrogen-bond acceptors (Lipinski definition) is 4. The third-order valence-corrected chi connectivity index (χ3v) is 5.41. The van der Waals surface area contributed by atoms with Crippen LogP contribution in [0.15, 0.2) is 34.6 Å². The predicted octanol–water partition coefficient (Wildman–Crippen LogP) is 3.13. The van der Waals surface area contributed by atoms with Crippen LogP contribution < -0.4 is 10.2 Å². The topological polar surface area (TPSA) is 43.8 Å². The molecular weight excluding hydrogens is 349 g/mol. The second kappa shape index (κ2) is 8.98. The van der Waals surface area contributed by atoms with Gasteiger partial charge in [0.15, 0.2) is 11.1 Å². The Morgan fingerprint density at radius 3 is 2.92 bits per heavy atom. The largest absolute Gasteiger partial charge is 0.356 e. The lowest BCUT2D eigenvalue weighted by atomic mass is 10.2. The van der Waals surface area contributed by atoms with Gasteiger partial charge >= 0.3 is 0 Å². The molecule has 0 spiro atoms. The fraction of sp³-hybridized carbons (Fsp3) is 0.474. The van der Waals surface area contributed by atoms with Crippen LogP contribution in [-0.4, -0.2) is 49.6 Å². The van der Waals surface area contributed by atoms with Crippen molar-refractivity contribution in [2.45, 2.75) is 25.8 Å². The molecule has 26 heavy (non-hydrogen) atoms. The first-order chi connectivity index (χ1) is 12.7. The molecule has 1 saturated heterocycles. The van der Waals surface area contributed by atoms with Gasteiger partial charge in [-0.15, -0.1) is 11.3 Å². The quantitative estimate of drug-likeness (QED) is 0.622. The molecule has 0 bridgehead atoms. The lowest BCUT2D eigenvalue weighted by molar-refractivity contribution is 0.475. The Bertz CT molecular complexity index is 739. The van der Waals surface area contributed by atoms with E-state index < -0.39 is 0 Å². The van der Waals surface area contributed by atoms with Crippen LogP contribution in [0.3, 0.4) is 0 Å². The fourth-order valence-corrected chi connectivity index (χ4v) is 4.05. The van der Waals surface area contributed by atoms with Gasteiger partial charge in [-0.25, -0.2) is 9.37 Å². The normalized spacial score (nSPS) is 14.7. The van der Waals surface area contributed by atoms with Gasteiger partial charge in [0, 0.05) is 52.1 Å². The SMILES string of the molecule is CN=C(NCCc1csc(N2CCCC2)n1)N(C)Cc1cccc(F)c1. The molecule has 7 heteroatoms. The number of aromatic nitrogens is 1. The van der Waals surface area contributed by atoms with E-state index in [1.165, 1.54) is 18.9 Å². The van der Waals surface area contributed by atoms with Crippen molar-refractivity contribution in [2.75, 3.05) is 38.6 Å². The van der Waals surface area contributed by atoms with Gasteiger partial charge in [0.05, 0.1) is 5.69 Å². The number of anilines is 1. The molecule has 3 rings (SSSR count). The maximum absolute atomic E-state index is 13.3. The van der Waals surface area contributed by atoms with Crippen LogP contribution in [0.1, 0.15) is 24.1 Å². The summed E-state index contributed by atoms with van der Waals surface area (Å²) in [6, 6.07) is 6.66. The highest BCUT2D eigenvalue weighted by Crippen LogP contribution is 2.24. The standard InChI is InChI=1S/C19H26FN5S/c1-21-18(24(2)13-15-6-5-7-16(20)12-15)22-9-8-17-14-26-19(23-17)25-10-3-4-11-25/h5-7,12,14H,3-4,8-11,13H2,1-2H3,(H,21,22). The van der Waals surface area contributed by atoms with Crippen LogP contribution in [0, 0.1) is 5.82 Å². The number of nitrogens with zero attached hydrogens (tertiary/aromatic N) is 4. The van der Waals surface area contributed by atoms with Crippen LogP contribution in [0.2, 0.25) is 0 Å². The predicted molar refractivity (Wildman–Crippen MR) is 106 cm³/mol. The van der Waals surface area contributed by atoms with Gasteiger partial charge in [0.1, 0.15) is 5.82 Å². The third kappa shape index (κ3) is 4.94. The van der Waals surface area contributed by atoms with Crippen LogP contribution in [0.4, 0.5) is 9.52 Å². The van der Waals surface area contributed by atoms with Crippen LogP contribution in [-0.2, 0) is 13.0 Å². The minimum absolute atomic E-state index is 0.212. The number of nitrogens with one attached hydrogen (secondary N) is 1. The number of aliphatic imine (C=N–C) groups is 1. The van der Waals surface area contributed by atoms with Crippen LogP contribution in [0.5, 0.6) is 0 Å². The second-order valence-corrected chi connectivity index (χ2v) is 7.36. The van der Waals surface area contributed by atoms with Gasteiger partial charge in [0.25, 0.3) is 0 Å². The van der Waals surface area contributed by atoms with Gasteiger partial charge < -0.3 is 15.1 Å². The van der Waals surface area contributed by atoms with E-state index in [9.17, 15) is 4.39 Å². The van der Waals surface area contributed by atoms with E-state index in [1.54, 1.807) is 30.5 Å². The highest BCUT2D eigenvalue weighted by molar-refractivity contribution is 7.13. The number of benzene rings is 1. The average Bonchev–Trinajstić information content (AvgIpc) is 3.30. The molecule has 1 aromatic heterocycles. The Balaban J connectivity index is 1.48. The molecule has 0 saturated carbocycles. The van der Waals surface area contributed by atoms with Crippen molar-refractivity contribution >= 4 is 22.4 Å². The lowest BCUT2D eigenvalue weighted by Gasteiger charge is -2.22. The maximum Gasteiger partial charge on any atom is 0.193 e. The molecule has 2 aromatic rings. The molecule has 2 heterocycles. The minimum atomic E-state index is -0.212. The lowest BCUT2D eigenvalue weighted by Crippen LogP contribution is -2.39. The monoisotopic (exact) mass is 375 g/mol. The Morgan fingerprint density at radius 1 is 1.38 bits per heavy atom. The van der Waals surface area contributed by atoms with Crippen molar-refractivity contribution < 1.29 is 4.39 Å². The number of halogens is 1.